The van der Waals surface area contributed by atoms with Crippen molar-refractivity contribution in [1.29, 1.82) is 0 Å². The van der Waals surface area contributed by atoms with Gasteiger partial charge in [0.25, 0.3) is 5.56 Å². The fourth-order valence-electron chi connectivity index (χ4n) is 1.98. The number of H-pyrrole nitrogens is 1. The van der Waals surface area contributed by atoms with Gasteiger partial charge in [-0.05, 0) is 13.0 Å². The molecule has 0 unspecified atom stereocenters. The zero-order valence-corrected chi connectivity index (χ0v) is 11.4. The lowest BCUT2D eigenvalue weighted by atomic mass is 10.2. The summed E-state index contributed by atoms with van der Waals surface area (Å²) >= 11 is 0. The van der Waals surface area contributed by atoms with E-state index in [4.69, 9.17) is 15.6 Å². The number of rotatable bonds is 6. The molecule has 9 heteroatoms. The molecule has 2 aromatic rings. The Kier molecular flexibility index (Phi) is 4.56. The van der Waals surface area contributed by atoms with Crippen molar-refractivity contribution < 1.29 is 19.3 Å². The highest BCUT2D eigenvalue weighted by atomic mass is 19.1. The molecule has 2 rings (SSSR count). The molecule has 0 amide bonds. The third-order valence-corrected chi connectivity index (χ3v) is 3.09. The van der Waals surface area contributed by atoms with E-state index in [1.807, 2.05) is 0 Å². The van der Waals surface area contributed by atoms with Crippen molar-refractivity contribution in [1.82, 2.24) is 14.5 Å². The summed E-state index contributed by atoms with van der Waals surface area (Å²) in [6, 6.07) is 1.46. The van der Waals surface area contributed by atoms with Crippen LogP contribution in [-0.4, -0.2) is 50.2 Å². The standard InChI is InChI=1S/C12H17FN4O4/c1-6(19)8(5-18)21-9(4-13)17-3-2-7-10(17)15-12(14)16-11(7)20/h2-3,6,8-9,18-19H,4-5H2,1H3,(H3,14,15,16,20)/t6-,8-,9-/m1/s1. The van der Waals surface area contributed by atoms with Gasteiger partial charge in [0.1, 0.15) is 12.8 Å². The molecule has 0 fully saturated rings. The molecule has 21 heavy (non-hydrogen) atoms. The molecule has 0 aliphatic carbocycles. The van der Waals surface area contributed by atoms with Crippen molar-refractivity contribution in [2.45, 2.75) is 25.4 Å². The van der Waals surface area contributed by atoms with Crippen LogP contribution in [-0.2, 0) is 4.74 Å². The van der Waals surface area contributed by atoms with Crippen LogP contribution in [0, 0.1) is 0 Å². The summed E-state index contributed by atoms with van der Waals surface area (Å²) < 4.78 is 19.9. The van der Waals surface area contributed by atoms with E-state index in [-0.39, 0.29) is 17.0 Å². The Morgan fingerprint density at radius 3 is 2.90 bits per heavy atom. The lowest BCUT2D eigenvalue weighted by Gasteiger charge is -2.25. The fraction of sp³-hybridized carbons (Fsp3) is 0.500. The van der Waals surface area contributed by atoms with E-state index in [9.17, 15) is 14.3 Å². The molecule has 0 aliphatic rings. The predicted molar refractivity (Wildman–Crippen MR) is 73.4 cm³/mol. The Hall–Kier alpha value is -1.97. The van der Waals surface area contributed by atoms with Gasteiger partial charge in [0.2, 0.25) is 5.95 Å². The van der Waals surface area contributed by atoms with Crippen molar-refractivity contribution in [2.75, 3.05) is 19.0 Å². The molecule has 0 aliphatic heterocycles. The van der Waals surface area contributed by atoms with Gasteiger partial charge in [-0.1, -0.05) is 0 Å². The number of hydrogen-bond acceptors (Lipinski definition) is 6. The van der Waals surface area contributed by atoms with Gasteiger partial charge in [-0.15, -0.1) is 0 Å². The number of fused-ring (bicyclic) bond motifs is 1. The molecule has 2 heterocycles. The van der Waals surface area contributed by atoms with Crippen molar-refractivity contribution >= 4 is 17.0 Å². The number of aromatic nitrogens is 3. The summed E-state index contributed by atoms with van der Waals surface area (Å²) in [5.41, 5.74) is 5.20. The molecule has 116 valence electrons. The van der Waals surface area contributed by atoms with Crippen LogP contribution < -0.4 is 11.3 Å². The second-order valence-electron chi connectivity index (χ2n) is 4.62. The van der Waals surface area contributed by atoms with Crippen LogP contribution in [0.4, 0.5) is 10.3 Å². The van der Waals surface area contributed by atoms with Crippen LogP contribution >= 0.6 is 0 Å². The monoisotopic (exact) mass is 300 g/mol. The number of alkyl halides is 1. The minimum absolute atomic E-state index is 0.0979. The summed E-state index contributed by atoms with van der Waals surface area (Å²) in [6.45, 7) is 0.0236. The lowest BCUT2D eigenvalue weighted by Crippen LogP contribution is -2.33. The average molecular weight is 300 g/mol. The average Bonchev–Trinajstić information content (AvgIpc) is 2.83. The predicted octanol–water partition coefficient (Wildman–Crippen LogP) is -0.467. The van der Waals surface area contributed by atoms with Gasteiger partial charge >= 0.3 is 0 Å². The van der Waals surface area contributed by atoms with Crippen LogP contribution in [0.3, 0.4) is 0 Å². The first-order chi connectivity index (χ1) is 9.97. The second-order valence-corrected chi connectivity index (χ2v) is 4.62. The molecule has 8 nitrogen and oxygen atoms in total. The van der Waals surface area contributed by atoms with Crippen molar-refractivity contribution in [3.63, 3.8) is 0 Å². The molecule has 0 saturated heterocycles. The van der Waals surface area contributed by atoms with E-state index < -0.39 is 37.3 Å². The van der Waals surface area contributed by atoms with Gasteiger partial charge in [0, 0.05) is 6.20 Å². The maximum atomic E-state index is 13.3. The molecule has 5 N–H and O–H groups in total. The number of aliphatic hydroxyl groups is 2. The van der Waals surface area contributed by atoms with Crippen LogP contribution in [0.25, 0.3) is 11.0 Å². The molecule has 3 atom stereocenters. The van der Waals surface area contributed by atoms with E-state index in [1.54, 1.807) is 0 Å². The largest absolute Gasteiger partial charge is 0.394 e. The fourth-order valence-corrected chi connectivity index (χ4v) is 1.98. The normalized spacial score (nSPS) is 16.0. The van der Waals surface area contributed by atoms with Gasteiger partial charge in [-0.2, -0.15) is 4.98 Å². The molecule has 0 aromatic carbocycles. The molecule has 0 saturated carbocycles. The van der Waals surface area contributed by atoms with E-state index in [2.05, 4.69) is 9.97 Å². The second kappa shape index (κ2) is 6.20. The number of halogens is 1. The van der Waals surface area contributed by atoms with Crippen molar-refractivity contribution in [2.24, 2.45) is 0 Å². The van der Waals surface area contributed by atoms with Crippen LogP contribution in [0.15, 0.2) is 17.1 Å². The van der Waals surface area contributed by atoms with Gasteiger partial charge in [-0.3, -0.25) is 9.78 Å². The number of ether oxygens (including phenoxy) is 1. The number of nitrogens with one attached hydrogen (secondary N) is 1. The first-order valence-corrected chi connectivity index (χ1v) is 6.34. The number of nitrogens with two attached hydrogens (primary N) is 1. The number of anilines is 1. The number of hydrogen-bond donors (Lipinski definition) is 4. The number of nitrogen functional groups attached to an aromatic ring is 1. The summed E-state index contributed by atoms with van der Waals surface area (Å²) in [5, 5.41) is 18.8. The lowest BCUT2D eigenvalue weighted by molar-refractivity contribution is -0.123. The van der Waals surface area contributed by atoms with Gasteiger partial charge in [0.15, 0.2) is 11.9 Å². The van der Waals surface area contributed by atoms with Crippen molar-refractivity contribution in [3.8, 4) is 0 Å². The summed E-state index contributed by atoms with van der Waals surface area (Å²) in [4.78, 5) is 18.0. The topological polar surface area (TPSA) is 126 Å². The Morgan fingerprint density at radius 1 is 1.62 bits per heavy atom. The minimum atomic E-state index is -1.14. The van der Waals surface area contributed by atoms with E-state index >= 15 is 0 Å². The number of nitrogens with zero attached hydrogens (tertiary/aromatic N) is 2. The highest BCUT2D eigenvalue weighted by Crippen LogP contribution is 2.20. The third-order valence-electron chi connectivity index (χ3n) is 3.09. The van der Waals surface area contributed by atoms with Crippen LogP contribution in [0.2, 0.25) is 0 Å². The Morgan fingerprint density at radius 2 is 2.33 bits per heavy atom. The van der Waals surface area contributed by atoms with Gasteiger partial charge in [0.05, 0.1) is 18.1 Å². The highest BCUT2D eigenvalue weighted by molar-refractivity contribution is 5.76. The maximum absolute atomic E-state index is 13.3. The van der Waals surface area contributed by atoms with Crippen molar-refractivity contribution in [3.05, 3.63) is 22.6 Å². The summed E-state index contributed by atoms with van der Waals surface area (Å²) in [6.07, 6.45) is -1.63. The van der Waals surface area contributed by atoms with Gasteiger partial charge in [-0.25, -0.2) is 4.39 Å². The molecule has 2 aromatic heterocycles. The van der Waals surface area contributed by atoms with Gasteiger partial charge < -0.3 is 25.3 Å². The minimum Gasteiger partial charge on any atom is -0.394 e. The quantitative estimate of drug-likeness (QED) is 0.571. The summed E-state index contributed by atoms with van der Waals surface area (Å²) in [5.74, 6) is -0.0979. The molecular weight excluding hydrogens is 283 g/mol. The van der Waals surface area contributed by atoms with E-state index in [1.165, 1.54) is 23.8 Å². The third kappa shape index (κ3) is 3.04. The Balaban J connectivity index is 2.41. The molecule has 0 radical (unpaired) electrons. The number of aromatic amines is 1. The number of aliphatic hydroxyl groups excluding tert-OH is 2. The maximum Gasteiger partial charge on any atom is 0.261 e. The zero-order valence-electron chi connectivity index (χ0n) is 11.4. The van der Waals surface area contributed by atoms with E-state index in [0.717, 1.165) is 0 Å². The zero-order chi connectivity index (χ0) is 15.6. The summed E-state index contributed by atoms with van der Waals surface area (Å²) in [7, 11) is 0. The van der Waals surface area contributed by atoms with E-state index in [0.29, 0.717) is 0 Å². The molecule has 0 bridgehead atoms. The Bertz CT molecular complexity index is 669. The van der Waals surface area contributed by atoms with Crippen LogP contribution in [0.5, 0.6) is 0 Å². The smallest absolute Gasteiger partial charge is 0.261 e. The molecular formula is C12H17FN4O4. The van der Waals surface area contributed by atoms with Crippen LogP contribution in [0.1, 0.15) is 13.2 Å². The SMILES string of the molecule is C[C@@H](O)[C@@H](CO)O[C@H](CF)n1ccc2c(=O)[nH]c(N)nc21. The molecule has 0 spiro atoms. The highest BCUT2D eigenvalue weighted by Gasteiger charge is 2.23. The first kappa shape index (κ1) is 15.4. The Labute approximate surface area is 119 Å². The first-order valence-electron chi connectivity index (χ1n) is 6.34.